The van der Waals surface area contributed by atoms with Gasteiger partial charge in [0.25, 0.3) is 0 Å². The lowest BCUT2D eigenvalue weighted by Gasteiger charge is -2.08. The van der Waals surface area contributed by atoms with Crippen LogP contribution in [-0.4, -0.2) is 0 Å². The van der Waals surface area contributed by atoms with Gasteiger partial charge >= 0.3 is 0 Å². The standard InChI is InChI=1S/C11H17N/c1-3-6-9-7-5-8-11(12)10(9)4-2/h5,7-8H,3-4,6,12H2,1-2H3. The Morgan fingerprint density at radius 2 is 2.00 bits per heavy atom. The highest BCUT2D eigenvalue weighted by Gasteiger charge is 2.01. The number of hydrogen-bond acceptors (Lipinski definition) is 1. The average Bonchev–Trinajstić information content (AvgIpc) is 2.05. The fourth-order valence-electron chi connectivity index (χ4n) is 1.59. The minimum absolute atomic E-state index is 0.948. The van der Waals surface area contributed by atoms with Crippen LogP contribution in [0.15, 0.2) is 18.2 Å². The van der Waals surface area contributed by atoms with Gasteiger partial charge in [0.1, 0.15) is 0 Å². The van der Waals surface area contributed by atoms with Crippen molar-refractivity contribution in [2.24, 2.45) is 0 Å². The van der Waals surface area contributed by atoms with Gasteiger partial charge in [0, 0.05) is 5.69 Å². The summed E-state index contributed by atoms with van der Waals surface area (Å²) in [5.41, 5.74) is 9.56. The Morgan fingerprint density at radius 3 is 2.58 bits per heavy atom. The third-order valence-corrected chi connectivity index (χ3v) is 2.18. The Balaban J connectivity index is 3.00. The molecule has 1 rings (SSSR count). The van der Waals surface area contributed by atoms with Gasteiger partial charge in [-0.05, 0) is 30.0 Å². The van der Waals surface area contributed by atoms with Crippen molar-refractivity contribution in [2.75, 3.05) is 5.73 Å². The zero-order valence-electron chi connectivity index (χ0n) is 7.93. The van der Waals surface area contributed by atoms with Crippen LogP contribution in [-0.2, 0) is 12.8 Å². The molecule has 66 valence electrons. The molecule has 12 heavy (non-hydrogen) atoms. The molecule has 0 saturated heterocycles. The van der Waals surface area contributed by atoms with E-state index in [9.17, 15) is 0 Å². The number of benzene rings is 1. The van der Waals surface area contributed by atoms with Crippen LogP contribution in [0.3, 0.4) is 0 Å². The number of anilines is 1. The largest absolute Gasteiger partial charge is 0.398 e. The van der Waals surface area contributed by atoms with Gasteiger partial charge in [0.05, 0.1) is 0 Å². The summed E-state index contributed by atoms with van der Waals surface area (Å²) in [6.45, 7) is 4.35. The van der Waals surface area contributed by atoms with Crippen LogP contribution in [0.1, 0.15) is 31.4 Å². The highest BCUT2D eigenvalue weighted by molar-refractivity contribution is 5.50. The summed E-state index contributed by atoms with van der Waals surface area (Å²) < 4.78 is 0. The zero-order valence-corrected chi connectivity index (χ0v) is 7.93. The lowest BCUT2D eigenvalue weighted by Crippen LogP contribution is -1.98. The molecule has 0 unspecified atom stereocenters. The molecule has 0 fully saturated rings. The molecular formula is C11H17N. The smallest absolute Gasteiger partial charge is 0.0349 e. The van der Waals surface area contributed by atoms with E-state index in [-0.39, 0.29) is 0 Å². The average molecular weight is 163 g/mol. The van der Waals surface area contributed by atoms with Gasteiger partial charge in [-0.1, -0.05) is 32.4 Å². The van der Waals surface area contributed by atoms with E-state index < -0.39 is 0 Å². The van der Waals surface area contributed by atoms with E-state index in [2.05, 4.69) is 19.9 Å². The fourth-order valence-corrected chi connectivity index (χ4v) is 1.59. The van der Waals surface area contributed by atoms with Crippen molar-refractivity contribution >= 4 is 5.69 Å². The van der Waals surface area contributed by atoms with Crippen molar-refractivity contribution in [1.29, 1.82) is 0 Å². The first kappa shape index (κ1) is 9.11. The van der Waals surface area contributed by atoms with Crippen LogP contribution in [0.5, 0.6) is 0 Å². The molecule has 1 nitrogen and oxygen atoms in total. The third-order valence-electron chi connectivity index (χ3n) is 2.18. The molecule has 0 amide bonds. The molecule has 0 heterocycles. The molecule has 1 aromatic carbocycles. The summed E-state index contributed by atoms with van der Waals surface area (Å²) in [5, 5.41) is 0. The first-order valence-electron chi connectivity index (χ1n) is 4.65. The summed E-state index contributed by atoms with van der Waals surface area (Å²) in [6, 6.07) is 6.20. The molecule has 0 spiro atoms. The first-order chi connectivity index (χ1) is 5.79. The van der Waals surface area contributed by atoms with E-state index in [1.807, 2.05) is 12.1 Å². The highest BCUT2D eigenvalue weighted by Crippen LogP contribution is 2.18. The van der Waals surface area contributed by atoms with Crippen LogP contribution in [0.25, 0.3) is 0 Å². The van der Waals surface area contributed by atoms with Crippen LogP contribution in [0.2, 0.25) is 0 Å². The Morgan fingerprint density at radius 1 is 1.25 bits per heavy atom. The molecule has 0 saturated carbocycles. The molecule has 0 aromatic heterocycles. The van der Waals surface area contributed by atoms with E-state index in [1.165, 1.54) is 17.5 Å². The Bertz CT molecular complexity index is 253. The second kappa shape index (κ2) is 4.15. The van der Waals surface area contributed by atoms with Crippen molar-refractivity contribution in [3.05, 3.63) is 29.3 Å². The second-order valence-electron chi connectivity index (χ2n) is 3.09. The lowest BCUT2D eigenvalue weighted by molar-refractivity contribution is 0.901. The second-order valence-corrected chi connectivity index (χ2v) is 3.09. The number of nitrogens with two attached hydrogens (primary N) is 1. The zero-order chi connectivity index (χ0) is 8.97. The summed E-state index contributed by atoms with van der Waals surface area (Å²) in [5.74, 6) is 0. The lowest BCUT2D eigenvalue weighted by atomic mass is 10.00. The maximum absolute atomic E-state index is 5.86. The van der Waals surface area contributed by atoms with Crippen molar-refractivity contribution in [3.8, 4) is 0 Å². The van der Waals surface area contributed by atoms with Crippen LogP contribution < -0.4 is 5.73 Å². The van der Waals surface area contributed by atoms with Crippen molar-refractivity contribution < 1.29 is 0 Å². The molecule has 1 heteroatoms. The van der Waals surface area contributed by atoms with Gasteiger partial charge in [-0.2, -0.15) is 0 Å². The first-order valence-corrected chi connectivity index (χ1v) is 4.65. The Kier molecular flexibility index (Phi) is 3.15. The molecule has 1 aromatic rings. The maximum atomic E-state index is 5.86. The molecule has 0 aliphatic rings. The minimum atomic E-state index is 0.948. The van der Waals surface area contributed by atoms with E-state index in [0.29, 0.717) is 0 Å². The molecule has 0 bridgehead atoms. The monoisotopic (exact) mass is 163 g/mol. The number of aryl methyl sites for hydroxylation is 1. The SMILES string of the molecule is CCCc1cccc(N)c1CC. The molecular weight excluding hydrogens is 146 g/mol. The van der Waals surface area contributed by atoms with Gasteiger partial charge in [-0.3, -0.25) is 0 Å². The summed E-state index contributed by atoms with van der Waals surface area (Å²) in [6.07, 6.45) is 3.38. The van der Waals surface area contributed by atoms with Crippen LogP contribution >= 0.6 is 0 Å². The number of nitrogen functional groups attached to an aromatic ring is 1. The minimum Gasteiger partial charge on any atom is -0.398 e. The molecule has 0 atom stereocenters. The van der Waals surface area contributed by atoms with Gasteiger partial charge in [0.15, 0.2) is 0 Å². The van der Waals surface area contributed by atoms with E-state index in [4.69, 9.17) is 5.73 Å². The predicted octanol–water partition coefficient (Wildman–Crippen LogP) is 2.78. The normalized spacial score (nSPS) is 10.2. The molecule has 2 N–H and O–H groups in total. The molecule has 0 aliphatic heterocycles. The summed E-state index contributed by atoms with van der Waals surface area (Å²) in [7, 11) is 0. The molecule has 0 radical (unpaired) electrons. The van der Waals surface area contributed by atoms with E-state index >= 15 is 0 Å². The summed E-state index contributed by atoms with van der Waals surface area (Å²) in [4.78, 5) is 0. The van der Waals surface area contributed by atoms with E-state index in [1.54, 1.807) is 0 Å². The fraction of sp³-hybridized carbons (Fsp3) is 0.455. The van der Waals surface area contributed by atoms with Crippen molar-refractivity contribution in [2.45, 2.75) is 33.1 Å². The summed E-state index contributed by atoms with van der Waals surface area (Å²) >= 11 is 0. The van der Waals surface area contributed by atoms with E-state index in [0.717, 1.165) is 18.5 Å². The van der Waals surface area contributed by atoms with Gasteiger partial charge in [-0.15, -0.1) is 0 Å². The van der Waals surface area contributed by atoms with Crippen molar-refractivity contribution in [1.82, 2.24) is 0 Å². The van der Waals surface area contributed by atoms with Crippen LogP contribution in [0.4, 0.5) is 5.69 Å². The predicted molar refractivity (Wildman–Crippen MR) is 54.2 cm³/mol. The Labute approximate surface area is 74.6 Å². The van der Waals surface area contributed by atoms with Gasteiger partial charge < -0.3 is 5.73 Å². The number of rotatable bonds is 3. The van der Waals surface area contributed by atoms with Gasteiger partial charge in [-0.25, -0.2) is 0 Å². The topological polar surface area (TPSA) is 26.0 Å². The number of hydrogen-bond donors (Lipinski definition) is 1. The maximum Gasteiger partial charge on any atom is 0.0349 e. The van der Waals surface area contributed by atoms with Crippen molar-refractivity contribution in [3.63, 3.8) is 0 Å². The van der Waals surface area contributed by atoms with Crippen LogP contribution in [0, 0.1) is 0 Å². The molecule has 0 aliphatic carbocycles. The van der Waals surface area contributed by atoms with Gasteiger partial charge in [0.2, 0.25) is 0 Å². The Hall–Kier alpha value is -0.980. The quantitative estimate of drug-likeness (QED) is 0.681. The highest BCUT2D eigenvalue weighted by atomic mass is 14.6. The third kappa shape index (κ3) is 1.79.